The van der Waals surface area contributed by atoms with Gasteiger partial charge in [0.2, 0.25) is 0 Å². The smallest absolute Gasteiger partial charge is 0.257 e. The molecule has 0 saturated heterocycles. The largest absolute Gasteiger partial charge is 0.384 e. The lowest BCUT2D eigenvalue weighted by molar-refractivity contribution is -0.124. The standard InChI is InChI=1S/C28H29N3O2/c1-28(2,3)22-10-7-18(8-11-22)15-19-5-4-6-21(16-19)26(32)27(33)30-23-12-13-24-20(17-23)9-14-25(29)31-24/h4-14,16-17,26,32H,15H2,1-3H3,(H2,29,31)(H,30,33). The number of pyridine rings is 1. The molecule has 1 unspecified atom stereocenters. The van der Waals surface area contributed by atoms with Crippen LogP contribution in [0.2, 0.25) is 0 Å². The Morgan fingerprint density at radius 2 is 1.73 bits per heavy atom. The van der Waals surface area contributed by atoms with Crippen molar-refractivity contribution in [2.45, 2.75) is 38.7 Å². The van der Waals surface area contributed by atoms with E-state index in [-0.39, 0.29) is 5.41 Å². The molecule has 0 aliphatic rings. The minimum Gasteiger partial charge on any atom is -0.384 e. The van der Waals surface area contributed by atoms with Crippen molar-refractivity contribution in [3.63, 3.8) is 0 Å². The van der Waals surface area contributed by atoms with Gasteiger partial charge in [-0.1, -0.05) is 69.3 Å². The molecule has 1 aromatic heterocycles. The predicted octanol–water partition coefficient (Wildman–Crippen LogP) is 5.38. The number of anilines is 2. The molecule has 0 radical (unpaired) electrons. The topological polar surface area (TPSA) is 88.2 Å². The molecule has 4 N–H and O–H groups in total. The molecule has 5 heteroatoms. The Bertz CT molecular complexity index is 1290. The van der Waals surface area contributed by atoms with Gasteiger partial charge in [0, 0.05) is 11.1 Å². The molecule has 1 amide bonds. The third kappa shape index (κ3) is 5.38. The number of nitrogens with one attached hydrogen (secondary N) is 1. The van der Waals surface area contributed by atoms with Crippen LogP contribution in [0.25, 0.3) is 10.9 Å². The first kappa shape index (κ1) is 22.5. The molecule has 4 rings (SSSR count). The highest BCUT2D eigenvalue weighted by Crippen LogP contribution is 2.24. The van der Waals surface area contributed by atoms with Crippen LogP contribution in [0.1, 0.15) is 49.1 Å². The van der Waals surface area contributed by atoms with Crippen molar-refractivity contribution >= 4 is 28.3 Å². The normalized spacial score (nSPS) is 12.5. The monoisotopic (exact) mass is 439 g/mol. The van der Waals surface area contributed by atoms with Gasteiger partial charge >= 0.3 is 0 Å². The first-order chi connectivity index (χ1) is 15.7. The summed E-state index contributed by atoms with van der Waals surface area (Å²) in [6, 6.07) is 25.0. The van der Waals surface area contributed by atoms with E-state index < -0.39 is 12.0 Å². The summed E-state index contributed by atoms with van der Waals surface area (Å²) in [5, 5.41) is 14.3. The highest BCUT2D eigenvalue weighted by atomic mass is 16.3. The molecular weight excluding hydrogens is 410 g/mol. The molecular formula is C28H29N3O2. The first-order valence-electron chi connectivity index (χ1n) is 11.0. The van der Waals surface area contributed by atoms with E-state index in [2.05, 4.69) is 55.3 Å². The van der Waals surface area contributed by atoms with E-state index in [1.807, 2.05) is 30.3 Å². The summed E-state index contributed by atoms with van der Waals surface area (Å²) in [6.45, 7) is 6.59. The SMILES string of the molecule is CC(C)(C)c1ccc(Cc2cccc(C(O)C(=O)Nc3ccc4nc(N)ccc4c3)c2)cc1. The number of fused-ring (bicyclic) bond motifs is 1. The second-order valence-corrected chi connectivity index (χ2v) is 9.40. The summed E-state index contributed by atoms with van der Waals surface area (Å²) < 4.78 is 0. The molecule has 0 spiro atoms. The third-order valence-electron chi connectivity index (χ3n) is 5.72. The summed E-state index contributed by atoms with van der Waals surface area (Å²) in [4.78, 5) is 17.0. The van der Waals surface area contributed by atoms with Gasteiger partial charge in [-0.15, -0.1) is 0 Å². The predicted molar refractivity (Wildman–Crippen MR) is 134 cm³/mol. The number of aliphatic hydroxyl groups is 1. The van der Waals surface area contributed by atoms with Gasteiger partial charge in [0.15, 0.2) is 6.10 Å². The van der Waals surface area contributed by atoms with E-state index in [1.54, 1.807) is 24.3 Å². The summed E-state index contributed by atoms with van der Waals surface area (Å²) in [6.07, 6.45) is -0.540. The van der Waals surface area contributed by atoms with E-state index >= 15 is 0 Å². The minimum atomic E-state index is -1.27. The van der Waals surface area contributed by atoms with Crippen LogP contribution < -0.4 is 11.1 Å². The van der Waals surface area contributed by atoms with Gasteiger partial charge in [0.1, 0.15) is 5.82 Å². The van der Waals surface area contributed by atoms with Crippen molar-refractivity contribution in [2.24, 2.45) is 0 Å². The Kier molecular flexibility index (Phi) is 6.16. The van der Waals surface area contributed by atoms with Crippen molar-refractivity contribution < 1.29 is 9.90 Å². The maximum atomic E-state index is 12.7. The van der Waals surface area contributed by atoms with E-state index in [0.717, 1.165) is 22.9 Å². The van der Waals surface area contributed by atoms with Crippen LogP contribution >= 0.6 is 0 Å². The molecule has 0 fully saturated rings. The highest BCUT2D eigenvalue weighted by molar-refractivity contribution is 5.96. The zero-order valence-corrected chi connectivity index (χ0v) is 19.2. The quantitative estimate of drug-likeness (QED) is 0.390. The number of rotatable bonds is 5. The number of carbonyl (C=O) groups excluding carboxylic acids is 1. The fourth-order valence-corrected chi connectivity index (χ4v) is 3.81. The number of carbonyl (C=O) groups is 1. The van der Waals surface area contributed by atoms with E-state index in [9.17, 15) is 9.90 Å². The number of hydrogen-bond donors (Lipinski definition) is 3. The number of nitrogens with two attached hydrogens (primary N) is 1. The molecule has 0 aliphatic carbocycles. The van der Waals surface area contributed by atoms with Crippen LogP contribution in [-0.2, 0) is 16.6 Å². The van der Waals surface area contributed by atoms with E-state index in [0.29, 0.717) is 17.1 Å². The van der Waals surface area contributed by atoms with Crippen LogP contribution in [0, 0.1) is 0 Å². The maximum absolute atomic E-state index is 12.7. The number of aromatic nitrogens is 1. The molecule has 4 aromatic rings. The van der Waals surface area contributed by atoms with Crippen LogP contribution in [-0.4, -0.2) is 16.0 Å². The van der Waals surface area contributed by atoms with Gasteiger partial charge in [0.05, 0.1) is 5.52 Å². The molecule has 33 heavy (non-hydrogen) atoms. The lowest BCUT2D eigenvalue weighted by atomic mass is 9.86. The Balaban J connectivity index is 1.46. The number of nitrogens with zero attached hydrogens (tertiary/aromatic N) is 1. The highest BCUT2D eigenvalue weighted by Gasteiger charge is 2.18. The molecule has 5 nitrogen and oxygen atoms in total. The molecule has 168 valence electrons. The molecule has 0 aliphatic heterocycles. The summed E-state index contributed by atoms with van der Waals surface area (Å²) >= 11 is 0. The van der Waals surface area contributed by atoms with Gasteiger partial charge in [0.25, 0.3) is 5.91 Å². The zero-order chi connectivity index (χ0) is 23.6. The Morgan fingerprint density at radius 3 is 2.45 bits per heavy atom. The van der Waals surface area contributed by atoms with Gasteiger partial charge in [-0.2, -0.15) is 0 Å². The van der Waals surface area contributed by atoms with E-state index in [1.165, 1.54) is 11.1 Å². The summed E-state index contributed by atoms with van der Waals surface area (Å²) in [7, 11) is 0. The number of aliphatic hydroxyl groups excluding tert-OH is 1. The van der Waals surface area contributed by atoms with Crippen LogP contribution in [0.4, 0.5) is 11.5 Å². The van der Waals surface area contributed by atoms with Crippen LogP contribution in [0.15, 0.2) is 78.9 Å². The third-order valence-corrected chi connectivity index (χ3v) is 5.72. The van der Waals surface area contributed by atoms with Gasteiger partial charge in [-0.25, -0.2) is 4.98 Å². The number of amides is 1. The fraction of sp³-hybridized carbons (Fsp3) is 0.214. The second-order valence-electron chi connectivity index (χ2n) is 9.40. The lowest BCUT2D eigenvalue weighted by Crippen LogP contribution is -2.20. The van der Waals surface area contributed by atoms with Gasteiger partial charge in [-0.3, -0.25) is 4.79 Å². The zero-order valence-electron chi connectivity index (χ0n) is 19.2. The fourth-order valence-electron chi connectivity index (χ4n) is 3.81. The van der Waals surface area contributed by atoms with Gasteiger partial charge < -0.3 is 16.2 Å². The number of benzene rings is 3. The Labute approximate surface area is 194 Å². The average molecular weight is 440 g/mol. The maximum Gasteiger partial charge on any atom is 0.257 e. The Hall–Kier alpha value is -3.70. The van der Waals surface area contributed by atoms with Crippen molar-refractivity contribution in [3.05, 3.63) is 101 Å². The first-order valence-corrected chi connectivity index (χ1v) is 11.0. The van der Waals surface area contributed by atoms with Crippen LogP contribution in [0.5, 0.6) is 0 Å². The summed E-state index contributed by atoms with van der Waals surface area (Å²) in [5.41, 5.74) is 11.2. The summed E-state index contributed by atoms with van der Waals surface area (Å²) in [5.74, 6) is -0.0378. The Morgan fingerprint density at radius 1 is 0.970 bits per heavy atom. The molecule has 0 saturated carbocycles. The van der Waals surface area contributed by atoms with Crippen molar-refractivity contribution in [3.8, 4) is 0 Å². The second kappa shape index (κ2) is 9.04. The number of nitrogen functional groups attached to an aromatic ring is 1. The van der Waals surface area contributed by atoms with Crippen LogP contribution in [0.3, 0.4) is 0 Å². The van der Waals surface area contributed by atoms with Crippen molar-refractivity contribution in [1.82, 2.24) is 4.98 Å². The van der Waals surface area contributed by atoms with Gasteiger partial charge in [-0.05, 0) is 64.4 Å². The van der Waals surface area contributed by atoms with Crippen molar-refractivity contribution in [2.75, 3.05) is 11.1 Å². The average Bonchev–Trinajstić information content (AvgIpc) is 2.78. The molecule has 0 bridgehead atoms. The lowest BCUT2D eigenvalue weighted by Gasteiger charge is -2.19. The molecule has 3 aromatic carbocycles. The van der Waals surface area contributed by atoms with Crippen molar-refractivity contribution in [1.29, 1.82) is 0 Å². The number of hydrogen-bond acceptors (Lipinski definition) is 4. The molecule has 1 heterocycles. The van der Waals surface area contributed by atoms with E-state index in [4.69, 9.17) is 5.73 Å². The minimum absolute atomic E-state index is 0.116. The molecule has 1 atom stereocenters.